The third-order valence-corrected chi connectivity index (χ3v) is 3.92. The first kappa shape index (κ1) is 13.2. The molecule has 0 aromatic heterocycles. The smallest absolute Gasteiger partial charge is 0.119 e. The van der Waals surface area contributed by atoms with Crippen molar-refractivity contribution < 1.29 is 4.74 Å². The maximum Gasteiger partial charge on any atom is 0.119 e. The van der Waals surface area contributed by atoms with Gasteiger partial charge in [0.25, 0.3) is 0 Å². The number of hydrogen-bond acceptors (Lipinski definition) is 2. The van der Waals surface area contributed by atoms with Crippen LogP contribution in [0.4, 0.5) is 0 Å². The van der Waals surface area contributed by atoms with Gasteiger partial charge in [0.05, 0.1) is 6.04 Å². The van der Waals surface area contributed by atoms with Crippen LogP contribution in [0.15, 0.2) is 60.7 Å². The second kappa shape index (κ2) is 6.58. The van der Waals surface area contributed by atoms with E-state index in [4.69, 9.17) is 4.74 Å². The predicted molar refractivity (Wildman–Crippen MR) is 81.9 cm³/mol. The van der Waals surface area contributed by atoms with Crippen molar-refractivity contribution in [2.24, 2.45) is 0 Å². The van der Waals surface area contributed by atoms with Crippen molar-refractivity contribution in [1.29, 1.82) is 0 Å². The summed E-state index contributed by atoms with van der Waals surface area (Å²) in [5, 5.41) is 0. The van der Waals surface area contributed by atoms with Crippen LogP contribution >= 0.6 is 0 Å². The van der Waals surface area contributed by atoms with Crippen LogP contribution in [0.5, 0.6) is 5.75 Å². The second-order valence-corrected chi connectivity index (χ2v) is 5.29. The van der Waals surface area contributed by atoms with Crippen LogP contribution in [0, 0.1) is 0 Å². The predicted octanol–water partition coefficient (Wildman–Crippen LogP) is 3.90. The van der Waals surface area contributed by atoms with Crippen LogP contribution in [0.2, 0.25) is 0 Å². The molecule has 0 aliphatic carbocycles. The lowest BCUT2D eigenvalue weighted by atomic mass is 10.1. The van der Waals surface area contributed by atoms with Crippen LogP contribution < -0.4 is 4.74 Å². The normalized spacial score (nSPS) is 17.0. The number of hydrogen-bond donors (Lipinski definition) is 0. The molecule has 1 fully saturated rings. The quantitative estimate of drug-likeness (QED) is 0.814. The van der Waals surface area contributed by atoms with Crippen LogP contribution in [-0.4, -0.2) is 24.6 Å². The average molecular weight is 267 g/mol. The molecular formula is C18H21NO. The zero-order valence-corrected chi connectivity index (χ0v) is 11.7. The molecule has 1 unspecified atom stereocenters. The van der Waals surface area contributed by atoms with Crippen LogP contribution in [-0.2, 0) is 0 Å². The number of para-hydroxylation sites is 1. The van der Waals surface area contributed by atoms with E-state index in [1.165, 1.54) is 31.5 Å². The zero-order valence-electron chi connectivity index (χ0n) is 11.7. The van der Waals surface area contributed by atoms with Gasteiger partial charge in [-0.05, 0) is 43.6 Å². The number of nitrogens with zero attached hydrogens (tertiary/aromatic N) is 1. The second-order valence-electron chi connectivity index (χ2n) is 5.29. The van der Waals surface area contributed by atoms with Crippen molar-refractivity contribution in [1.82, 2.24) is 4.90 Å². The summed E-state index contributed by atoms with van der Waals surface area (Å²) in [6.45, 7) is 3.07. The summed E-state index contributed by atoms with van der Waals surface area (Å²) in [5.74, 6) is 0.952. The lowest BCUT2D eigenvalue weighted by molar-refractivity contribution is 0.161. The zero-order chi connectivity index (χ0) is 13.6. The Morgan fingerprint density at radius 3 is 2.10 bits per heavy atom. The highest BCUT2D eigenvalue weighted by Crippen LogP contribution is 2.26. The van der Waals surface area contributed by atoms with E-state index in [0.717, 1.165) is 5.75 Å². The fourth-order valence-corrected chi connectivity index (χ4v) is 2.83. The minimum absolute atomic E-state index is 0.360. The molecule has 2 heteroatoms. The maximum atomic E-state index is 5.99. The van der Waals surface area contributed by atoms with E-state index < -0.39 is 0 Å². The number of rotatable bonds is 5. The lowest BCUT2D eigenvalue weighted by Crippen LogP contribution is -2.30. The fourth-order valence-electron chi connectivity index (χ4n) is 2.83. The first-order valence-electron chi connectivity index (χ1n) is 7.40. The van der Waals surface area contributed by atoms with Gasteiger partial charge in [0.1, 0.15) is 12.4 Å². The largest absolute Gasteiger partial charge is 0.492 e. The summed E-state index contributed by atoms with van der Waals surface area (Å²) in [6, 6.07) is 21.2. The monoisotopic (exact) mass is 267 g/mol. The Balaban J connectivity index is 1.72. The molecule has 1 aliphatic heterocycles. The van der Waals surface area contributed by atoms with Crippen LogP contribution in [0.3, 0.4) is 0 Å². The van der Waals surface area contributed by atoms with Gasteiger partial charge in [-0.15, -0.1) is 0 Å². The van der Waals surface area contributed by atoms with Gasteiger partial charge in [0.15, 0.2) is 0 Å². The first-order chi connectivity index (χ1) is 9.93. The van der Waals surface area contributed by atoms with E-state index in [1.54, 1.807) is 0 Å². The van der Waals surface area contributed by atoms with E-state index in [1.807, 2.05) is 30.3 Å². The molecule has 2 nitrogen and oxygen atoms in total. The van der Waals surface area contributed by atoms with Gasteiger partial charge in [-0.2, -0.15) is 0 Å². The Morgan fingerprint density at radius 2 is 1.45 bits per heavy atom. The summed E-state index contributed by atoms with van der Waals surface area (Å²) in [7, 11) is 0. The number of ether oxygens (including phenoxy) is 1. The SMILES string of the molecule is c1ccc(OCC(c2ccccc2)N2CCCC2)cc1. The molecule has 1 heterocycles. The molecule has 20 heavy (non-hydrogen) atoms. The molecule has 0 N–H and O–H groups in total. The molecule has 2 aromatic rings. The topological polar surface area (TPSA) is 12.5 Å². The van der Waals surface area contributed by atoms with Crippen LogP contribution in [0.25, 0.3) is 0 Å². The van der Waals surface area contributed by atoms with Crippen molar-refractivity contribution >= 4 is 0 Å². The van der Waals surface area contributed by atoms with Gasteiger partial charge >= 0.3 is 0 Å². The molecule has 1 saturated heterocycles. The molecule has 104 valence electrons. The summed E-state index contributed by atoms with van der Waals surface area (Å²) < 4.78 is 5.99. The van der Waals surface area contributed by atoms with Crippen LogP contribution in [0.1, 0.15) is 24.4 Å². The molecule has 2 aromatic carbocycles. The molecule has 0 amide bonds. The Kier molecular flexibility index (Phi) is 4.34. The summed E-state index contributed by atoms with van der Waals surface area (Å²) >= 11 is 0. The van der Waals surface area contributed by atoms with E-state index in [0.29, 0.717) is 12.6 Å². The highest BCUT2D eigenvalue weighted by atomic mass is 16.5. The molecule has 1 aliphatic rings. The first-order valence-corrected chi connectivity index (χ1v) is 7.40. The Bertz CT molecular complexity index is 505. The van der Waals surface area contributed by atoms with Crippen molar-refractivity contribution in [3.8, 4) is 5.75 Å². The summed E-state index contributed by atoms with van der Waals surface area (Å²) in [4.78, 5) is 2.54. The summed E-state index contributed by atoms with van der Waals surface area (Å²) in [6.07, 6.45) is 2.60. The molecule has 0 bridgehead atoms. The molecular weight excluding hydrogens is 246 g/mol. The Hall–Kier alpha value is -1.80. The molecule has 1 atom stereocenters. The van der Waals surface area contributed by atoms with Gasteiger partial charge in [0, 0.05) is 0 Å². The van der Waals surface area contributed by atoms with Crippen molar-refractivity contribution in [2.45, 2.75) is 18.9 Å². The fraction of sp³-hybridized carbons (Fsp3) is 0.333. The minimum Gasteiger partial charge on any atom is -0.492 e. The minimum atomic E-state index is 0.360. The number of likely N-dealkylation sites (tertiary alicyclic amines) is 1. The highest BCUT2D eigenvalue weighted by Gasteiger charge is 2.23. The Labute approximate surface area is 121 Å². The molecule has 3 rings (SSSR count). The van der Waals surface area contributed by atoms with Gasteiger partial charge < -0.3 is 4.74 Å². The van der Waals surface area contributed by atoms with E-state index in [2.05, 4.69) is 35.2 Å². The lowest BCUT2D eigenvalue weighted by Gasteiger charge is -2.28. The third kappa shape index (κ3) is 3.20. The van der Waals surface area contributed by atoms with E-state index in [-0.39, 0.29) is 0 Å². The Morgan fingerprint density at radius 1 is 0.850 bits per heavy atom. The molecule has 0 spiro atoms. The van der Waals surface area contributed by atoms with E-state index >= 15 is 0 Å². The van der Waals surface area contributed by atoms with E-state index in [9.17, 15) is 0 Å². The van der Waals surface area contributed by atoms with Gasteiger partial charge in [-0.1, -0.05) is 48.5 Å². The highest BCUT2D eigenvalue weighted by molar-refractivity contribution is 5.23. The van der Waals surface area contributed by atoms with Gasteiger partial charge in [-0.25, -0.2) is 0 Å². The van der Waals surface area contributed by atoms with Crippen molar-refractivity contribution in [3.05, 3.63) is 66.2 Å². The molecule has 0 radical (unpaired) electrons. The third-order valence-electron chi connectivity index (χ3n) is 3.92. The number of benzene rings is 2. The standard InChI is InChI=1S/C18H21NO/c1-3-9-16(10-4-1)18(19-13-7-8-14-19)15-20-17-11-5-2-6-12-17/h1-6,9-12,18H,7-8,13-15H2. The van der Waals surface area contributed by atoms with Crippen molar-refractivity contribution in [3.63, 3.8) is 0 Å². The van der Waals surface area contributed by atoms with Gasteiger partial charge in [-0.3, -0.25) is 4.90 Å². The van der Waals surface area contributed by atoms with Gasteiger partial charge in [0.2, 0.25) is 0 Å². The molecule has 0 saturated carbocycles. The summed E-state index contributed by atoms with van der Waals surface area (Å²) in [5.41, 5.74) is 1.35. The van der Waals surface area contributed by atoms with Crippen molar-refractivity contribution in [2.75, 3.05) is 19.7 Å². The average Bonchev–Trinajstić information content (AvgIpc) is 3.04. The maximum absolute atomic E-state index is 5.99.